The molecule has 1 atom stereocenters. The van der Waals surface area contributed by atoms with Crippen molar-refractivity contribution in [1.82, 2.24) is 4.31 Å². The van der Waals surface area contributed by atoms with Crippen molar-refractivity contribution in [3.05, 3.63) is 70.3 Å². The summed E-state index contributed by atoms with van der Waals surface area (Å²) in [6.45, 7) is 3.09. The highest BCUT2D eigenvalue weighted by Gasteiger charge is 2.28. The van der Waals surface area contributed by atoms with Gasteiger partial charge in [0.05, 0.1) is 9.82 Å². The van der Waals surface area contributed by atoms with Crippen LogP contribution in [0.5, 0.6) is 0 Å². The molecule has 1 unspecified atom stereocenters. The van der Waals surface area contributed by atoms with Crippen LogP contribution in [-0.4, -0.2) is 36.6 Å². The van der Waals surface area contributed by atoms with Gasteiger partial charge in [-0.25, -0.2) is 8.42 Å². The van der Waals surface area contributed by atoms with E-state index in [4.69, 9.17) is 0 Å². The number of benzene rings is 2. The summed E-state index contributed by atoms with van der Waals surface area (Å²) in [5.74, 6) is -0.0524. The molecule has 2 aromatic carbocycles. The van der Waals surface area contributed by atoms with Crippen LogP contribution in [-0.2, 0) is 14.8 Å². The van der Waals surface area contributed by atoms with Gasteiger partial charge in [0.1, 0.15) is 0 Å². The van der Waals surface area contributed by atoms with Crippen molar-refractivity contribution < 1.29 is 18.1 Å². The lowest BCUT2D eigenvalue weighted by molar-refractivity contribution is -0.384. The molecule has 1 fully saturated rings. The second-order valence-corrected chi connectivity index (χ2v) is 9.24. The van der Waals surface area contributed by atoms with E-state index in [1.54, 1.807) is 24.3 Å². The molecule has 1 amide bonds. The summed E-state index contributed by atoms with van der Waals surface area (Å²) in [6, 6.07) is 11.9. The zero-order valence-electron chi connectivity index (χ0n) is 16.5. The second-order valence-electron chi connectivity index (χ2n) is 7.31. The number of nitrogens with one attached hydrogen (secondary N) is 1. The molecule has 1 N–H and O–H groups in total. The highest BCUT2D eigenvalue weighted by atomic mass is 32.2. The van der Waals surface area contributed by atoms with Crippen molar-refractivity contribution in [3.8, 4) is 0 Å². The maximum absolute atomic E-state index is 12.8. The number of carbonyl (C=O) groups is 1. The lowest BCUT2D eigenvalue weighted by Gasteiger charge is -2.30. The van der Waals surface area contributed by atoms with Crippen LogP contribution in [0.4, 0.5) is 11.4 Å². The van der Waals surface area contributed by atoms with E-state index < -0.39 is 20.9 Å². The van der Waals surface area contributed by atoms with E-state index in [-0.39, 0.29) is 10.6 Å². The zero-order chi connectivity index (χ0) is 21.7. The molecule has 2 aromatic rings. The molecule has 1 heterocycles. The van der Waals surface area contributed by atoms with Gasteiger partial charge in [-0.2, -0.15) is 4.31 Å². The molecular weight excluding hydrogens is 406 g/mol. The largest absolute Gasteiger partial charge is 0.323 e. The van der Waals surface area contributed by atoms with Crippen molar-refractivity contribution in [1.29, 1.82) is 0 Å². The normalized spacial score (nSPS) is 17.7. The lowest BCUT2D eigenvalue weighted by atomic mass is 10.0. The number of piperidine rings is 1. The molecular formula is C21H23N3O5S. The third-order valence-corrected chi connectivity index (χ3v) is 6.79. The van der Waals surface area contributed by atoms with E-state index in [2.05, 4.69) is 5.32 Å². The van der Waals surface area contributed by atoms with Gasteiger partial charge in [0, 0.05) is 37.0 Å². The standard InChI is InChI=1S/C21H23N3O5S/c1-16-3-2-14-23(15-16)30(28,29)20-11-7-18(8-12-20)22-21(25)13-6-17-4-9-19(10-5-17)24(26)27/h4-13,16H,2-3,14-15H2,1H3,(H,22,25)/b13-6+. The van der Waals surface area contributed by atoms with E-state index in [9.17, 15) is 23.3 Å². The first-order valence-corrected chi connectivity index (χ1v) is 11.0. The predicted molar refractivity (Wildman–Crippen MR) is 114 cm³/mol. The Labute approximate surface area is 175 Å². The summed E-state index contributed by atoms with van der Waals surface area (Å²) >= 11 is 0. The highest BCUT2D eigenvalue weighted by Crippen LogP contribution is 2.24. The Hall–Kier alpha value is -3.04. The molecule has 3 rings (SSSR count). The number of nitrogens with zero attached hydrogens (tertiary/aromatic N) is 2. The Bertz CT molecular complexity index is 1050. The summed E-state index contributed by atoms with van der Waals surface area (Å²) < 4.78 is 27.1. The minimum Gasteiger partial charge on any atom is -0.323 e. The number of anilines is 1. The monoisotopic (exact) mass is 429 g/mol. The first-order chi connectivity index (χ1) is 14.3. The molecule has 158 valence electrons. The predicted octanol–water partition coefficient (Wildman–Crippen LogP) is 3.67. The van der Waals surface area contributed by atoms with E-state index >= 15 is 0 Å². The number of hydrogen-bond acceptors (Lipinski definition) is 5. The number of rotatable bonds is 6. The van der Waals surface area contributed by atoms with Gasteiger partial charge in [-0.15, -0.1) is 0 Å². The fourth-order valence-electron chi connectivity index (χ4n) is 3.29. The van der Waals surface area contributed by atoms with Crippen LogP contribution in [0.2, 0.25) is 0 Å². The molecule has 8 nitrogen and oxygen atoms in total. The number of non-ortho nitro benzene ring substituents is 1. The number of amides is 1. The summed E-state index contributed by atoms with van der Waals surface area (Å²) in [5.41, 5.74) is 1.10. The molecule has 0 aliphatic carbocycles. The van der Waals surface area contributed by atoms with Crippen molar-refractivity contribution in [2.24, 2.45) is 5.92 Å². The molecule has 1 aliphatic heterocycles. The number of carbonyl (C=O) groups excluding carboxylic acids is 1. The van der Waals surface area contributed by atoms with Crippen LogP contribution in [0, 0.1) is 16.0 Å². The van der Waals surface area contributed by atoms with E-state index in [1.165, 1.54) is 40.7 Å². The molecule has 1 saturated heterocycles. The van der Waals surface area contributed by atoms with E-state index in [1.807, 2.05) is 6.92 Å². The van der Waals surface area contributed by atoms with Gasteiger partial charge in [-0.3, -0.25) is 14.9 Å². The zero-order valence-corrected chi connectivity index (χ0v) is 17.3. The average Bonchev–Trinajstić information content (AvgIpc) is 2.73. The van der Waals surface area contributed by atoms with Crippen LogP contribution in [0.3, 0.4) is 0 Å². The van der Waals surface area contributed by atoms with Gasteiger partial charge < -0.3 is 5.32 Å². The van der Waals surface area contributed by atoms with Gasteiger partial charge in [0.25, 0.3) is 5.69 Å². The number of hydrogen-bond donors (Lipinski definition) is 1. The quantitative estimate of drug-likeness (QED) is 0.428. The van der Waals surface area contributed by atoms with Crippen molar-refractivity contribution >= 4 is 33.4 Å². The maximum Gasteiger partial charge on any atom is 0.269 e. The first-order valence-electron chi connectivity index (χ1n) is 9.59. The minimum atomic E-state index is -3.54. The Morgan fingerprint density at radius 1 is 1.17 bits per heavy atom. The van der Waals surface area contributed by atoms with Crippen molar-refractivity contribution in [2.75, 3.05) is 18.4 Å². The molecule has 0 bridgehead atoms. The minimum absolute atomic E-state index is 0.0225. The topological polar surface area (TPSA) is 110 Å². The van der Waals surface area contributed by atoms with Gasteiger partial charge in [0.15, 0.2) is 0 Å². The maximum atomic E-state index is 12.8. The molecule has 1 aliphatic rings. The lowest BCUT2D eigenvalue weighted by Crippen LogP contribution is -2.39. The van der Waals surface area contributed by atoms with E-state index in [0.717, 1.165) is 12.8 Å². The third-order valence-electron chi connectivity index (χ3n) is 4.91. The fraction of sp³-hybridized carbons (Fsp3) is 0.286. The molecule has 9 heteroatoms. The van der Waals surface area contributed by atoms with Gasteiger partial charge in [-0.05, 0) is 66.8 Å². The molecule has 30 heavy (non-hydrogen) atoms. The highest BCUT2D eigenvalue weighted by molar-refractivity contribution is 7.89. The number of nitro groups is 1. The molecule has 0 saturated carbocycles. The van der Waals surface area contributed by atoms with E-state index in [0.29, 0.717) is 30.3 Å². The van der Waals surface area contributed by atoms with Crippen LogP contribution in [0.15, 0.2) is 59.5 Å². The number of nitro benzene ring substituents is 1. The van der Waals surface area contributed by atoms with Gasteiger partial charge in [0.2, 0.25) is 15.9 Å². The summed E-state index contributed by atoms with van der Waals surface area (Å²) in [5, 5.41) is 13.3. The van der Waals surface area contributed by atoms with Gasteiger partial charge >= 0.3 is 0 Å². The smallest absolute Gasteiger partial charge is 0.269 e. The van der Waals surface area contributed by atoms with Crippen LogP contribution in [0.1, 0.15) is 25.3 Å². The molecule has 0 spiro atoms. The Kier molecular flexibility index (Phi) is 6.63. The van der Waals surface area contributed by atoms with Crippen LogP contribution < -0.4 is 5.32 Å². The first kappa shape index (κ1) is 21.7. The fourth-order valence-corrected chi connectivity index (χ4v) is 4.89. The van der Waals surface area contributed by atoms with Crippen molar-refractivity contribution in [2.45, 2.75) is 24.7 Å². The van der Waals surface area contributed by atoms with Crippen LogP contribution in [0.25, 0.3) is 6.08 Å². The summed E-state index contributed by atoms with van der Waals surface area (Å²) in [6.07, 6.45) is 4.73. The third kappa shape index (κ3) is 5.31. The van der Waals surface area contributed by atoms with Crippen molar-refractivity contribution in [3.63, 3.8) is 0 Å². The molecule has 0 aromatic heterocycles. The Morgan fingerprint density at radius 3 is 2.43 bits per heavy atom. The average molecular weight is 429 g/mol. The summed E-state index contributed by atoms with van der Waals surface area (Å²) in [4.78, 5) is 22.5. The second kappa shape index (κ2) is 9.19. The van der Waals surface area contributed by atoms with Gasteiger partial charge in [-0.1, -0.05) is 6.92 Å². The Morgan fingerprint density at radius 2 is 1.83 bits per heavy atom. The SMILES string of the molecule is CC1CCCN(S(=O)(=O)c2ccc(NC(=O)/C=C/c3ccc([N+](=O)[O-])cc3)cc2)C1. The van der Waals surface area contributed by atoms with Crippen LogP contribution >= 0.6 is 0 Å². The summed E-state index contributed by atoms with van der Waals surface area (Å²) in [7, 11) is -3.54. The Balaban J connectivity index is 1.62. The molecule has 0 radical (unpaired) electrons. The number of sulfonamides is 1.